The molecule has 0 radical (unpaired) electrons. The van der Waals surface area contributed by atoms with Gasteiger partial charge >= 0.3 is 5.97 Å². The molecule has 0 aliphatic carbocycles. The zero-order chi connectivity index (χ0) is 19.5. The summed E-state index contributed by atoms with van der Waals surface area (Å²) in [5, 5.41) is 2.58. The van der Waals surface area contributed by atoms with E-state index >= 15 is 0 Å². The first-order chi connectivity index (χ1) is 12.6. The highest BCUT2D eigenvalue weighted by Crippen LogP contribution is 2.12. The number of amides is 2. The Bertz CT molecular complexity index is 386. The van der Waals surface area contributed by atoms with Crippen LogP contribution in [0.2, 0.25) is 0 Å². The number of unbranched alkanes of at least 4 members (excludes halogenated alkanes) is 10. The summed E-state index contributed by atoms with van der Waals surface area (Å²) in [6.45, 7) is 2.67. The van der Waals surface area contributed by atoms with Crippen molar-refractivity contribution in [1.29, 1.82) is 0 Å². The van der Waals surface area contributed by atoms with Crippen molar-refractivity contribution in [2.24, 2.45) is 5.73 Å². The SMILES string of the molecule is CCCCCCCCCCCCCC(=O)OCCNC(=O)CCC(N)=O. The van der Waals surface area contributed by atoms with Gasteiger partial charge in [0.2, 0.25) is 11.8 Å². The highest BCUT2D eigenvalue weighted by Gasteiger charge is 2.05. The summed E-state index contributed by atoms with van der Waals surface area (Å²) in [5.41, 5.74) is 4.96. The Kier molecular flexibility index (Phi) is 17.1. The van der Waals surface area contributed by atoms with Crippen molar-refractivity contribution in [3.63, 3.8) is 0 Å². The third-order valence-corrected chi connectivity index (χ3v) is 4.27. The smallest absolute Gasteiger partial charge is 0.305 e. The summed E-state index contributed by atoms with van der Waals surface area (Å²) in [7, 11) is 0. The lowest BCUT2D eigenvalue weighted by Crippen LogP contribution is -2.28. The van der Waals surface area contributed by atoms with Crippen molar-refractivity contribution >= 4 is 17.8 Å². The summed E-state index contributed by atoms with van der Waals surface area (Å²) < 4.78 is 5.06. The minimum Gasteiger partial charge on any atom is -0.464 e. The van der Waals surface area contributed by atoms with Gasteiger partial charge in [0.25, 0.3) is 0 Å². The zero-order valence-electron chi connectivity index (χ0n) is 16.5. The maximum absolute atomic E-state index is 11.6. The van der Waals surface area contributed by atoms with E-state index in [0.29, 0.717) is 6.42 Å². The number of rotatable bonds is 18. The monoisotopic (exact) mass is 370 g/mol. The van der Waals surface area contributed by atoms with Crippen molar-refractivity contribution < 1.29 is 19.1 Å². The molecule has 0 aromatic heterocycles. The van der Waals surface area contributed by atoms with E-state index in [1.165, 1.54) is 57.8 Å². The van der Waals surface area contributed by atoms with Crippen LogP contribution in [0, 0.1) is 0 Å². The molecule has 152 valence electrons. The lowest BCUT2D eigenvalue weighted by molar-refractivity contribution is -0.144. The number of primary amides is 1. The predicted molar refractivity (Wildman–Crippen MR) is 103 cm³/mol. The molecule has 0 heterocycles. The second-order valence-corrected chi connectivity index (χ2v) is 6.82. The van der Waals surface area contributed by atoms with Crippen molar-refractivity contribution in [3.8, 4) is 0 Å². The van der Waals surface area contributed by atoms with E-state index in [4.69, 9.17) is 10.5 Å². The van der Waals surface area contributed by atoms with Gasteiger partial charge in [0.15, 0.2) is 0 Å². The van der Waals surface area contributed by atoms with Crippen molar-refractivity contribution in [3.05, 3.63) is 0 Å². The fraction of sp³-hybridized carbons (Fsp3) is 0.850. The summed E-state index contributed by atoms with van der Waals surface area (Å²) in [6, 6.07) is 0. The molecule has 26 heavy (non-hydrogen) atoms. The zero-order valence-corrected chi connectivity index (χ0v) is 16.5. The van der Waals surface area contributed by atoms with Crippen LogP contribution in [0.1, 0.15) is 96.8 Å². The highest BCUT2D eigenvalue weighted by atomic mass is 16.5. The van der Waals surface area contributed by atoms with Crippen LogP contribution >= 0.6 is 0 Å². The topological polar surface area (TPSA) is 98.5 Å². The van der Waals surface area contributed by atoms with Gasteiger partial charge < -0.3 is 15.8 Å². The first kappa shape index (κ1) is 24.4. The maximum Gasteiger partial charge on any atom is 0.305 e. The van der Waals surface area contributed by atoms with Crippen LogP contribution in [-0.2, 0) is 19.1 Å². The molecule has 0 aromatic carbocycles. The number of ether oxygens (including phenoxy) is 1. The second kappa shape index (κ2) is 18.2. The summed E-state index contributed by atoms with van der Waals surface area (Å²) in [4.78, 5) is 33.4. The van der Waals surface area contributed by atoms with E-state index in [0.717, 1.165) is 12.8 Å². The molecule has 0 fully saturated rings. The van der Waals surface area contributed by atoms with E-state index in [9.17, 15) is 14.4 Å². The Labute approximate surface area is 158 Å². The molecule has 0 rings (SSSR count). The van der Waals surface area contributed by atoms with Gasteiger partial charge in [0, 0.05) is 19.3 Å². The Balaban J connectivity index is 3.29. The van der Waals surface area contributed by atoms with Crippen LogP contribution in [0.4, 0.5) is 0 Å². The van der Waals surface area contributed by atoms with Gasteiger partial charge in [-0.15, -0.1) is 0 Å². The van der Waals surface area contributed by atoms with Gasteiger partial charge in [0.1, 0.15) is 6.61 Å². The van der Waals surface area contributed by atoms with E-state index in [2.05, 4.69) is 12.2 Å². The Morgan fingerprint density at radius 3 is 1.85 bits per heavy atom. The third kappa shape index (κ3) is 18.7. The normalized spacial score (nSPS) is 10.5. The molecule has 0 aliphatic rings. The molecule has 0 atom stereocenters. The Morgan fingerprint density at radius 1 is 0.769 bits per heavy atom. The first-order valence-electron chi connectivity index (χ1n) is 10.3. The molecule has 6 heteroatoms. The fourth-order valence-corrected chi connectivity index (χ4v) is 2.69. The highest BCUT2D eigenvalue weighted by molar-refractivity contribution is 5.82. The van der Waals surface area contributed by atoms with Gasteiger partial charge in [-0.1, -0.05) is 71.1 Å². The van der Waals surface area contributed by atoms with Gasteiger partial charge in [-0.05, 0) is 6.42 Å². The average molecular weight is 371 g/mol. The van der Waals surface area contributed by atoms with Crippen LogP contribution < -0.4 is 11.1 Å². The van der Waals surface area contributed by atoms with E-state index in [1.54, 1.807) is 0 Å². The number of hydrogen-bond donors (Lipinski definition) is 2. The first-order valence-corrected chi connectivity index (χ1v) is 10.3. The van der Waals surface area contributed by atoms with Gasteiger partial charge in [0.05, 0.1) is 6.54 Å². The van der Waals surface area contributed by atoms with Gasteiger partial charge in [-0.25, -0.2) is 0 Å². The minimum absolute atomic E-state index is 0.0322. The van der Waals surface area contributed by atoms with Crippen LogP contribution in [0.25, 0.3) is 0 Å². The number of carbonyl (C=O) groups excluding carboxylic acids is 3. The number of nitrogens with one attached hydrogen (secondary N) is 1. The molecule has 0 unspecified atom stereocenters. The van der Waals surface area contributed by atoms with Gasteiger partial charge in [-0.3, -0.25) is 14.4 Å². The van der Waals surface area contributed by atoms with Gasteiger partial charge in [-0.2, -0.15) is 0 Å². The molecule has 2 amide bonds. The predicted octanol–water partition coefficient (Wildman–Crippen LogP) is 3.61. The summed E-state index contributed by atoms with van der Waals surface area (Å²) in [6.07, 6.45) is 14.3. The molecular formula is C20H38N2O4. The van der Waals surface area contributed by atoms with Crippen LogP contribution in [0.3, 0.4) is 0 Å². The van der Waals surface area contributed by atoms with E-state index < -0.39 is 5.91 Å². The van der Waals surface area contributed by atoms with Crippen LogP contribution in [0.5, 0.6) is 0 Å². The molecule has 0 saturated carbocycles. The molecule has 0 aliphatic heterocycles. The molecule has 0 aromatic rings. The fourth-order valence-electron chi connectivity index (χ4n) is 2.69. The minimum atomic E-state index is -0.501. The number of hydrogen-bond acceptors (Lipinski definition) is 4. The van der Waals surface area contributed by atoms with Crippen LogP contribution in [0.15, 0.2) is 0 Å². The quantitative estimate of drug-likeness (QED) is 0.284. The molecule has 0 spiro atoms. The molecule has 6 nitrogen and oxygen atoms in total. The lowest BCUT2D eigenvalue weighted by Gasteiger charge is -2.06. The summed E-state index contributed by atoms with van der Waals surface area (Å²) >= 11 is 0. The van der Waals surface area contributed by atoms with Crippen molar-refractivity contribution in [1.82, 2.24) is 5.32 Å². The second-order valence-electron chi connectivity index (χ2n) is 6.82. The average Bonchev–Trinajstić information content (AvgIpc) is 2.61. The Morgan fingerprint density at radius 2 is 1.31 bits per heavy atom. The number of carbonyl (C=O) groups is 3. The molecule has 3 N–H and O–H groups in total. The lowest BCUT2D eigenvalue weighted by atomic mass is 10.1. The van der Waals surface area contributed by atoms with E-state index in [-0.39, 0.29) is 37.9 Å². The summed E-state index contributed by atoms with van der Waals surface area (Å²) in [5.74, 6) is -0.976. The van der Waals surface area contributed by atoms with Crippen LogP contribution in [-0.4, -0.2) is 30.9 Å². The number of nitrogens with two attached hydrogens (primary N) is 1. The van der Waals surface area contributed by atoms with Crippen molar-refractivity contribution in [2.45, 2.75) is 96.8 Å². The third-order valence-electron chi connectivity index (χ3n) is 4.27. The van der Waals surface area contributed by atoms with E-state index in [1.807, 2.05) is 0 Å². The molecule has 0 bridgehead atoms. The molecular weight excluding hydrogens is 332 g/mol. The number of esters is 1. The maximum atomic E-state index is 11.6. The largest absolute Gasteiger partial charge is 0.464 e. The Hall–Kier alpha value is -1.59. The molecule has 0 saturated heterocycles. The van der Waals surface area contributed by atoms with Crippen molar-refractivity contribution in [2.75, 3.05) is 13.2 Å². The standard InChI is InChI=1S/C20H38N2O4/c1-2-3-4-5-6-7-8-9-10-11-12-13-20(25)26-17-16-22-19(24)15-14-18(21)23/h2-17H2,1H3,(H2,21,23)(H,22,24).